The van der Waals surface area contributed by atoms with E-state index in [-0.39, 0.29) is 11.2 Å². The van der Waals surface area contributed by atoms with Gasteiger partial charge < -0.3 is 9.64 Å². The second-order valence-corrected chi connectivity index (χ2v) is 6.95. The molecule has 1 aliphatic heterocycles. The Hall–Kier alpha value is -2.90. The molecule has 8 heteroatoms. The van der Waals surface area contributed by atoms with E-state index < -0.39 is 0 Å². The number of aromatic amines is 1. The van der Waals surface area contributed by atoms with Crippen LogP contribution in [0.25, 0.3) is 5.69 Å². The van der Waals surface area contributed by atoms with E-state index in [1.165, 1.54) is 4.68 Å². The molecule has 0 saturated carbocycles. The second-order valence-electron chi connectivity index (χ2n) is 6.52. The number of nitrogens with zero attached hydrogens (tertiary/aromatic N) is 4. The summed E-state index contributed by atoms with van der Waals surface area (Å²) >= 11 is 5.91. The highest BCUT2D eigenvalue weighted by atomic mass is 35.5. The first kappa shape index (κ1) is 18.5. The number of hydrogen-bond acceptors (Lipinski definition) is 5. The molecular formula is C20H20ClN5O2. The summed E-state index contributed by atoms with van der Waals surface area (Å²) in [7, 11) is 0. The first-order valence-electron chi connectivity index (χ1n) is 9.04. The summed E-state index contributed by atoms with van der Waals surface area (Å²) in [6, 6.07) is 14.8. The number of benzene rings is 2. The fourth-order valence-corrected chi connectivity index (χ4v) is 3.21. The van der Waals surface area contributed by atoms with Crippen molar-refractivity contribution in [3.05, 3.63) is 69.6 Å². The number of rotatable bonds is 4. The predicted octanol–water partition coefficient (Wildman–Crippen LogP) is 4.38. The van der Waals surface area contributed by atoms with Crippen molar-refractivity contribution in [2.45, 2.75) is 6.92 Å². The first-order chi connectivity index (χ1) is 13.6. The maximum Gasteiger partial charge on any atom is 0.299 e. The van der Waals surface area contributed by atoms with E-state index in [1.807, 2.05) is 24.3 Å². The lowest BCUT2D eigenvalue weighted by Gasteiger charge is -2.28. The maximum absolute atomic E-state index is 12.7. The first-order valence-corrected chi connectivity index (χ1v) is 9.42. The Morgan fingerprint density at radius 3 is 2.29 bits per heavy atom. The molecule has 3 aromatic rings. The van der Waals surface area contributed by atoms with Crippen molar-refractivity contribution < 1.29 is 4.74 Å². The topological polar surface area (TPSA) is 75.0 Å². The van der Waals surface area contributed by atoms with Crippen molar-refractivity contribution in [3.8, 4) is 5.69 Å². The molecule has 4 rings (SSSR count). The van der Waals surface area contributed by atoms with Gasteiger partial charge >= 0.3 is 0 Å². The van der Waals surface area contributed by atoms with Crippen LogP contribution in [-0.4, -0.2) is 36.1 Å². The van der Waals surface area contributed by atoms with E-state index >= 15 is 0 Å². The Kier molecular flexibility index (Phi) is 5.27. The molecule has 1 aliphatic rings. The third-order valence-corrected chi connectivity index (χ3v) is 4.87. The molecule has 2 heterocycles. The fraction of sp³-hybridized carbons (Fsp3) is 0.250. The molecule has 1 N–H and O–H groups in total. The van der Waals surface area contributed by atoms with Crippen LogP contribution in [0, 0.1) is 6.92 Å². The van der Waals surface area contributed by atoms with Gasteiger partial charge in [-0.2, -0.15) is 5.11 Å². The van der Waals surface area contributed by atoms with Gasteiger partial charge in [0.2, 0.25) is 0 Å². The van der Waals surface area contributed by atoms with Crippen LogP contribution in [0.3, 0.4) is 0 Å². The van der Waals surface area contributed by atoms with Crippen LogP contribution in [0.15, 0.2) is 63.6 Å². The Bertz CT molecular complexity index is 1030. The van der Waals surface area contributed by atoms with Crippen LogP contribution in [0.4, 0.5) is 17.1 Å². The van der Waals surface area contributed by atoms with Gasteiger partial charge in [0.15, 0.2) is 5.69 Å². The van der Waals surface area contributed by atoms with Crippen LogP contribution >= 0.6 is 11.6 Å². The highest BCUT2D eigenvalue weighted by Crippen LogP contribution is 2.23. The van der Waals surface area contributed by atoms with Gasteiger partial charge in [-0.3, -0.25) is 9.89 Å². The number of aryl methyl sites for hydroxylation is 1. The maximum atomic E-state index is 12.7. The molecule has 2 aromatic carbocycles. The van der Waals surface area contributed by atoms with E-state index in [2.05, 4.69) is 20.2 Å². The normalized spacial score (nSPS) is 14.7. The average molecular weight is 398 g/mol. The van der Waals surface area contributed by atoms with Crippen molar-refractivity contribution in [1.29, 1.82) is 0 Å². The third-order valence-electron chi connectivity index (χ3n) is 4.62. The fourth-order valence-electron chi connectivity index (χ4n) is 3.09. The number of H-pyrrole nitrogens is 1. The molecule has 0 aliphatic carbocycles. The molecule has 1 fully saturated rings. The molecule has 1 saturated heterocycles. The van der Waals surface area contributed by atoms with Crippen molar-refractivity contribution in [2.75, 3.05) is 31.2 Å². The average Bonchev–Trinajstić information content (AvgIpc) is 3.02. The highest BCUT2D eigenvalue weighted by molar-refractivity contribution is 6.30. The van der Waals surface area contributed by atoms with E-state index in [1.54, 1.807) is 31.2 Å². The number of morpholine rings is 1. The Balaban J connectivity index is 1.54. The number of anilines is 1. The molecule has 0 amide bonds. The predicted molar refractivity (Wildman–Crippen MR) is 110 cm³/mol. The minimum absolute atomic E-state index is 0.256. The van der Waals surface area contributed by atoms with Gasteiger partial charge in [-0.05, 0) is 55.5 Å². The summed E-state index contributed by atoms with van der Waals surface area (Å²) < 4.78 is 6.81. The highest BCUT2D eigenvalue weighted by Gasteiger charge is 2.13. The van der Waals surface area contributed by atoms with Gasteiger partial charge in [-0.15, -0.1) is 5.11 Å². The number of hydrogen-bond donors (Lipinski definition) is 1. The van der Waals surface area contributed by atoms with Crippen molar-refractivity contribution in [3.63, 3.8) is 0 Å². The molecule has 0 spiro atoms. The number of nitrogens with one attached hydrogen (secondary N) is 1. The van der Waals surface area contributed by atoms with E-state index in [0.717, 1.165) is 32.0 Å². The monoisotopic (exact) mass is 397 g/mol. The van der Waals surface area contributed by atoms with Crippen molar-refractivity contribution >= 4 is 28.7 Å². The van der Waals surface area contributed by atoms with Gasteiger partial charge in [-0.25, -0.2) is 4.68 Å². The number of ether oxygens (including phenoxy) is 1. The largest absolute Gasteiger partial charge is 0.378 e. The summed E-state index contributed by atoms with van der Waals surface area (Å²) in [6.07, 6.45) is 0. The Morgan fingerprint density at radius 2 is 1.61 bits per heavy atom. The summed E-state index contributed by atoms with van der Waals surface area (Å²) in [6.45, 7) is 5.05. The standard InChI is InChI=1S/C20H20ClN5O2/c1-14-19(20(27)26(24-14)18-6-2-15(21)3-7-18)23-22-16-4-8-17(9-5-16)25-10-12-28-13-11-25/h2-9,24H,10-13H2,1H3. The summed E-state index contributed by atoms with van der Waals surface area (Å²) in [5.41, 5.74) is 3.18. The minimum atomic E-state index is -0.256. The molecule has 144 valence electrons. The molecule has 0 bridgehead atoms. The zero-order valence-corrected chi connectivity index (χ0v) is 16.2. The number of halogens is 1. The van der Waals surface area contributed by atoms with Crippen LogP contribution in [0.1, 0.15) is 5.69 Å². The Labute approximate surface area is 167 Å². The van der Waals surface area contributed by atoms with Crippen LogP contribution < -0.4 is 10.5 Å². The summed E-state index contributed by atoms with van der Waals surface area (Å²) in [5, 5.41) is 12.1. The van der Waals surface area contributed by atoms with Gasteiger partial charge in [-0.1, -0.05) is 11.6 Å². The zero-order chi connectivity index (χ0) is 19.5. The van der Waals surface area contributed by atoms with Crippen molar-refractivity contribution in [2.24, 2.45) is 10.2 Å². The van der Waals surface area contributed by atoms with Gasteiger partial charge in [0, 0.05) is 23.8 Å². The van der Waals surface area contributed by atoms with Gasteiger partial charge in [0.05, 0.1) is 30.3 Å². The quantitative estimate of drug-likeness (QED) is 0.664. The number of aromatic nitrogens is 2. The molecule has 7 nitrogen and oxygen atoms in total. The minimum Gasteiger partial charge on any atom is -0.378 e. The Morgan fingerprint density at radius 1 is 0.964 bits per heavy atom. The van der Waals surface area contributed by atoms with Crippen LogP contribution in [0.2, 0.25) is 5.02 Å². The van der Waals surface area contributed by atoms with Crippen LogP contribution in [-0.2, 0) is 4.74 Å². The van der Waals surface area contributed by atoms with E-state index in [4.69, 9.17) is 16.3 Å². The van der Waals surface area contributed by atoms with Gasteiger partial charge in [0.1, 0.15) is 0 Å². The zero-order valence-electron chi connectivity index (χ0n) is 15.4. The molecule has 1 aromatic heterocycles. The SMILES string of the molecule is Cc1[nH]n(-c2ccc(Cl)cc2)c(=O)c1N=Nc1ccc(N2CCOCC2)cc1. The molecular weight excluding hydrogens is 378 g/mol. The van der Waals surface area contributed by atoms with E-state index in [0.29, 0.717) is 22.1 Å². The molecule has 0 atom stereocenters. The summed E-state index contributed by atoms with van der Waals surface area (Å²) in [5.74, 6) is 0. The molecule has 0 radical (unpaired) electrons. The smallest absolute Gasteiger partial charge is 0.299 e. The van der Waals surface area contributed by atoms with Gasteiger partial charge in [0.25, 0.3) is 5.56 Å². The third kappa shape index (κ3) is 3.85. The van der Waals surface area contributed by atoms with E-state index in [9.17, 15) is 4.79 Å². The lowest BCUT2D eigenvalue weighted by Crippen LogP contribution is -2.36. The lowest BCUT2D eigenvalue weighted by atomic mass is 10.2. The molecule has 28 heavy (non-hydrogen) atoms. The second kappa shape index (κ2) is 8.00. The lowest BCUT2D eigenvalue weighted by molar-refractivity contribution is 0.122. The van der Waals surface area contributed by atoms with Crippen LogP contribution in [0.5, 0.6) is 0 Å². The molecule has 0 unspecified atom stereocenters. The summed E-state index contributed by atoms with van der Waals surface area (Å²) in [4.78, 5) is 15.0. The number of azo groups is 1. The van der Waals surface area contributed by atoms with Crippen molar-refractivity contribution in [1.82, 2.24) is 9.78 Å².